The maximum atomic E-state index is 11.3. The van der Waals surface area contributed by atoms with Crippen LogP contribution in [0.3, 0.4) is 0 Å². The number of carbonyl (C=O) groups is 2. The highest BCUT2D eigenvalue weighted by Crippen LogP contribution is 2.27. The minimum Gasteiger partial charge on any atom is -0.368 e. The Morgan fingerprint density at radius 3 is 2.85 bits per heavy atom. The summed E-state index contributed by atoms with van der Waals surface area (Å²) < 4.78 is 0. The number of urea groups is 1. The summed E-state index contributed by atoms with van der Waals surface area (Å²) in [5, 5.41) is 9.95. The lowest BCUT2D eigenvalue weighted by Crippen LogP contribution is -2.47. The van der Waals surface area contributed by atoms with Gasteiger partial charge >= 0.3 is 6.03 Å². The minimum atomic E-state index is -0.541. The topological polar surface area (TPSA) is 86.9 Å². The highest BCUT2D eigenvalue weighted by Gasteiger charge is 2.46. The van der Waals surface area contributed by atoms with E-state index in [0.29, 0.717) is 24.4 Å². The van der Waals surface area contributed by atoms with Crippen molar-refractivity contribution in [1.29, 1.82) is 0 Å². The molecule has 3 amide bonds. The first kappa shape index (κ1) is 8.31. The quantitative estimate of drug-likeness (QED) is 0.520. The number of fused-ring (bicyclic) bond motifs is 2. The molecule has 0 unspecified atom stereocenters. The number of hydrogen-bond donors (Lipinski definition) is 2. The molecule has 2 rings (SSSR count). The van der Waals surface area contributed by atoms with Crippen LogP contribution in [0.4, 0.5) is 4.79 Å². The van der Waals surface area contributed by atoms with Crippen molar-refractivity contribution in [3.05, 3.63) is 0 Å². The van der Waals surface area contributed by atoms with Gasteiger partial charge in [-0.15, -0.1) is 0 Å². The molecule has 0 radical (unpaired) electrons. The SMILES string of the molecule is NC(=O)[C@H]1CC[C@@H]2CN1C(=O)N2O. The third kappa shape index (κ3) is 1.06. The van der Waals surface area contributed by atoms with Crippen LogP contribution in [0.1, 0.15) is 12.8 Å². The van der Waals surface area contributed by atoms with E-state index in [9.17, 15) is 14.8 Å². The summed E-state index contributed by atoms with van der Waals surface area (Å²) in [5.74, 6) is -0.498. The maximum Gasteiger partial charge on any atom is 0.344 e. The van der Waals surface area contributed by atoms with Gasteiger partial charge in [0, 0.05) is 6.54 Å². The van der Waals surface area contributed by atoms with Gasteiger partial charge in [0.2, 0.25) is 5.91 Å². The molecule has 72 valence electrons. The first-order valence-corrected chi connectivity index (χ1v) is 4.19. The molecule has 3 N–H and O–H groups in total. The van der Waals surface area contributed by atoms with Gasteiger partial charge in [0.05, 0.1) is 6.04 Å². The smallest absolute Gasteiger partial charge is 0.344 e. The average Bonchev–Trinajstić information content (AvgIpc) is 2.32. The van der Waals surface area contributed by atoms with Crippen molar-refractivity contribution in [2.75, 3.05) is 6.54 Å². The van der Waals surface area contributed by atoms with Gasteiger partial charge in [0.15, 0.2) is 0 Å². The van der Waals surface area contributed by atoms with Crippen LogP contribution in [0.5, 0.6) is 0 Å². The summed E-state index contributed by atoms with van der Waals surface area (Å²) in [7, 11) is 0. The van der Waals surface area contributed by atoms with Gasteiger partial charge < -0.3 is 10.6 Å². The number of primary amides is 1. The maximum absolute atomic E-state index is 11.3. The fourth-order valence-electron chi connectivity index (χ4n) is 1.95. The Morgan fingerprint density at radius 2 is 2.23 bits per heavy atom. The Balaban J connectivity index is 2.22. The molecule has 2 aliphatic rings. The van der Waals surface area contributed by atoms with Crippen LogP contribution in [-0.4, -0.2) is 45.7 Å². The number of rotatable bonds is 1. The van der Waals surface area contributed by atoms with Crippen LogP contribution in [0.15, 0.2) is 0 Å². The molecule has 0 aromatic heterocycles. The van der Waals surface area contributed by atoms with Crippen LogP contribution in [-0.2, 0) is 4.79 Å². The van der Waals surface area contributed by atoms with E-state index >= 15 is 0 Å². The monoisotopic (exact) mass is 185 g/mol. The molecule has 2 aliphatic heterocycles. The molecule has 0 spiro atoms. The van der Waals surface area contributed by atoms with Crippen molar-refractivity contribution >= 4 is 11.9 Å². The zero-order valence-corrected chi connectivity index (χ0v) is 7.01. The highest BCUT2D eigenvalue weighted by molar-refractivity contribution is 5.87. The number of carbonyl (C=O) groups excluding carboxylic acids is 2. The molecule has 0 saturated carbocycles. The first-order valence-electron chi connectivity index (χ1n) is 4.19. The molecular weight excluding hydrogens is 174 g/mol. The number of nitrogens with zero attached hydrogens (tertiary/aromatic N) is 2. The predicted octanol–water partition coefficient (Wildman–Crippen LogP) is -0.870. The molecule has 0 aromatic rings. The summed E-state index contributed by atoms with van der Waals surface area (Å²) in [6.45, 7) is 0.406. The average molecular weight is 185 g/mol. The van der Waals surface area contributed by atoms with E-state index in [1.54, 1.807) is 0 Å². The van der Waals surface area contributed by atoms with E-state index < -0.39 is 18.0 Å². The zero-order chi connectivity index (χ0) is 9.59. The zero-order valence-electron chi connectivity index (χ0n) is 7.01. The normalized spacial score (nSPS) is 32.5. The largest absolute Gasteiger partial charge is 0.368 e. The standard InChI is InChI=1S/C7H11N3O3/c8-6(11)5-2-1-4-3-9(5)7(12)10(4)13/h4-5,13H,1-3H2,(H2,8,11)/t4-,5-/m1/s1. The van der Waals surface area contributed by atoms with E-state index in [0.717, 1.165) is 0 Å². The van der Waals surface area contributed by atoms with Crippen LogP contribution < -0.4 is 5.73 Å². The minimum absolute atomic E-state index is 0.164. The predicted molar refractivity (Wildman–Crippen MR) is 41.7 cm³/mol. The molecule has 2 atom stereocenters. The summed E-state index contributed by atoms with van der Waals surface area (Å²) in [6.07, 6.45) is 1.18. The van der Waals surface area contributed by atoms with Gasteiger partial charge in [0.1, 0.15) is 6.04 Å². The lowest BCUT2D eigenvalue weighted by molar-refractivity contribution is -0.122. The summed E-state index contributed by atoms with van der Waals surface area (Å²) in [4.78, 5) is 23.5. The first-order chi connectivity index (χ1) is 6.11. The van der Waals surface area contributed by atoms with E-state index in [1.807, 2.05) is 0 Å². The molecular formula is C7H11N3O3. The Bertz CT molecular complexity index is 268. The van der Waals surface area contributed by atoms with E-state index in [4.69, 9.17) is 5.73 Å². The van der Waals surface area contributed by atoms with Crippen molar-refractivity contribution < 1.29 is 14.8 Å². The van der Waals surface area contributed by atoms with Crippen LogP contribution >= 0.6 is 0 Å². The number of piperidine rings is 1. The van der Waals surface area contributed by atoms with Crippen molar-refractivity contribution in [3.8, 4) is 0 Å². The number of hydroxylamine groups is 2. The van der Waals surface area contributed by atoms with Gasteiger partial charge in [-0.1, -0.05) is 0 Å². The van der Waals surface area contributed by atoms with Crippen molar-refractivity contribution in [2.45, 2.75) is 24.9 Å². The lowest BCUT2D eigenvalue weighted by atomic mass is 10.0. The molecule has 0 aliphatic carbocycles. The third-order valence-electron chi connectivity index (χ3n) is 2.67. The molecule has 6 heteroatoms. The van der Waals surface area contributed by atoms with Gasteiger partial charge in [-0.2, -0.15) is 0 Å². The third-order valence-corrected chi connectivity index (χ3v) is 2.67. The number of amides is 3. The second-order valence-corrected chi connectivity index (χ2v) is 3.43. The summed E-state index contributed by atoms with van der Waals surface area (Å²) >= 11 is 0. The fourth-order valence-corrected chi connectivity index (χ4v) is 1.95. The van der Waals surface area contributed by atoms with E-state index in [-0.39, 0.29) is 6.04 Å². The van der Waals surface area contributed by atoms with Crippen LogP contribution in [0, 0.1) is 0 Å². The van der Waals surface area contributed by atoms with Gasteiger partial charge in [-0.3, -0.25) is 10.0 Å². The molecule has 13 heavy (non-hydrogen) atoms. The van der Waals surface area contributed by atoms with Crippen molar-refractivity contribution in [1.82, 2.24) is 9.96 Å². The van der Waals surface area contributed by atoms with Crippen LogP contribution in [0.25, 0.3) is 0 Å². The molecule has 2 bridgehead atoms. The Kier molecular flexibility index (Phi) is 1.66. The molecule has 2 heterocycles. The highest BCUT2D eigenvalue weighted by atomic mass is 16.5. The Hall–Kier alpha value is -1.30. The number of hydrogen-bond acceptors (Lipinski definition) is 3. The van der Waals surface area contributed by atoms with Gasteiger partial charge in [-0.25, -0.2) is 9.86 Å². The molecule has 6 nitrogen and oxygen atoms in total. The molecule has 2 saturated heterocycles. The summed E-state index contributed by atoms with van der Waals surface area (Å²) in [5.41, 5.74) is 5.13. The second-order valence-electron chi connectivity index (χ2n) is 3.43. The Morgan fingerprint density at radius 1 is 1.54 bits per heavy atom. The molecule has 2 fully saturated rings. The van der Waals surface area contributed by atoms with E-state index in [1.165, 1.54) is 4.90 Å². The van der Waals surface area contributed by atoms with Gasteiger partial charge in [-0.05, 0) is 12.8 Å². The van der Waals surface area contributed by atoms with E-state index in [2.05, 4.69) is 0 Å². The van der Waals surface area contributed by atoms with Crippen molar-refractivity contribution in [3.63, 3.8) is 0 Å². The Labute approximate surface area is 74.8 Å². The fraction of sp³-hybridized carbons (Fsp3) is 0.714. The number of nitrogens with two attached hydrogens (primary N) is 1. The van der Waals surface area contributed by atoms with Crippen LogP contribution in [0.2, 0.25) is 0 Å². The molecule has 0 aromatic carbocycles. The lowest BCUT2D eigenvalue weighted by Gasteiger charge is -2.27. The van der Waals surface area contributed by atoms with Crippen molar-refractivity contribution in [2.24, 2.45) is 5.73 Å². The van der Waals surface area contributed by atoms with Gasteiger partial charge in [0.25, 0.3) is 0 Å². The second kappa shape index (κ2) is 2.59. The summed E-state index contributed by atoms with van der Waals surface area (Å²) in [6, 6.07) is -1.21.